The first kappa shape index (κ1) is 20.7. The van der Waals surface area contributed by atoms with E-state index in [1.165, 1.54) is 44.1 Å². The molecule has 2 nitrogen and oxygen atoms in total. The van der Waals surface area contributed by atoms with Crippen molar-refractivity contribution in [1.82, 2.24) is 0 Å². The summed E-state index contributed by atoms with van der Waals surface area (Å²) in [5.74, 6) is 0.665. The van der Waals surface area contributed by atoms with Crippen molar-refractivity contribution < 1.29 is 4.79 Å². The van der Waals surface area contributed by atoms with Crippen molar-refractivity contribution in [3.8, 4) is 0 Å². The van der Waals surface area contributed by atoms with Crippen LogP contribution in [0.2, 0.25) is 0 Å². The minimum Gasteiger partial charge on any atom is -0.326 e. The second-order valence-electron chi connectivity index (χ2n) is 7.84. The monoisotopic (exact) mass is 331 g/mol. The van der Waals surface area contributed by atoms with E-state index in [0.717, 1.165) is 12.1 Å². The number of carbonyl (C=O) groups excluding carboxylic acids is 1. The molecule has 1 amide bonds. The molecule has 1 aromatic rings. The Morgan fingerprint density at radius 2 is 1.67 bits per heavy atom. The number of nitrogens with one attached hydrogen (secondary N) is 1. The molecule has 0 aliphatic rings. The van der Waals surface area contributed by atoms with Crippen molar-refractivity contribution in [2.45, 2.75) is 91.9 Å². The Labute approximate surface area is 149 Å². The Hall–Kier alpha value is -1.31. The van der Waals surface area contributed by atoms with Gasteiger partial charge in [0.2, 0.25) is 5.91 Å². The zero-order valence-corrected chi connectivity index (χ0v) is 16.5. The second-order valence-corrected chi connectivity index (χ2v) is 7.84. The third kappa shape index (κ3) is 7.51. The molecule has 1 aromatic carbocycles. The molecule has 0 saturated heterocycles. The lowest BCUT2D eigenvalue weighted by Crippen LogP contribution is -2.20. The third-order valence-corrected chi connectivity index (χ3v) is 5.05. The van der Waals surface area contributed by atoms with E-state index < -0.39 is 0 Å². The van der Waals surface area contributed by atoms with Gasteiger partial charge in [0, 0.05) is 12.1 Å². The first-order valence-corrected chi connectivity index (χ1v) is 9.80. The van der Waals surface area contributed by atoms with Gasteiger partial charge >= 0.3 is 0 Å². The number of unbranched alkanes of at least 4 members (excludes halogenated alkanes) is 2. The van der Waals surface area contributed by atoms with Crippen molar-refractivity contribution >= 4 is 11.6 Å². The molecule has 24 heavy (non-hydrogen) atoms. The van der Waals surface area contributed by atoms with Gasteiger partial charge in [0.25, 0.3) is 0 Å². The lowest BCUT2D eigenvalue weighted by molar-refractivity contribution is -0.116. The molecule has 0 bridgehead atoms. The minimum absolute atomic E-state index is 0.144. The highest BCUT2D eigenvalue weighted by atomic mass is 16.1. The van der Waals surface area contributed by atoms with Crippen molar-refractivity contribution in [3.05, 3.63) is 29.8 Å². The van der Waals surface area contributed by atoms with Crippen LogP contribution in [0.5, 0.6) is 0 Å². The number of amides is 1. The van der Waals surface area contributed by atoms with Gasteiger partial charge in [0.1, 0.15) is 0 Å². The lowest BCUT2D eigenvalue weighted by atomic mass is 9.77. The van der Waals surface area contributed by atoms with Crippen LogP contribution >= 0.6 is 0 Å². The second kappa shape index (κ2) is 10.5. The molecule has 0 fully saturated rings. The van der Waals surface area contributed by atoms with Crippen LogP contribution in [0.25, 0.3) is 0 Å². The van der Waals surface area contributed by atoms with Gasteiger partial charge in [-0.25, -0.2) is 0 Å². The van der Waals surface area contributed by atoms with Crippen LogP contribution in [0.1, 0.15) is 97.5 Å². The number of hydrogen-bond acceptors (Lipinski definition) is 1. The minimum atomic E-state index is 0.144. The zero-order valence-electron chi connectivity index (χ0n) is 16.5. The van der Waals surface area contributed by atoms with E-state index >= 15 is 0 Å². The fourth-order valence-electron chi connectivity index (χ4n) is 3.37. The first-order valence-electron chi connectivity index (χ1n) is 9.80. The number of carbonyl (C=O) groups is 1. The molecule has 0 heterocycles. The van der Waals surface area contributed by atoms with E-state index in [4.69, 9.17) is 0 Å². The molecule has 0 aliphatic heterocycles. The maximum atomic E-state index is 12.3. The molecular weight excluding hydrogens is 294 g/mol. The van der Waals surface area contributed by atoms with Gasteiger partial charge in [-0.05, 0) is 48.3 Å². The summed E-state index contributed by atoms with van der Waals surface area (Å²) in [5, 5.41) is 3.05. The summed E-state index contributed by atoms with van der Waals surface area (Å²) in [5.41, 5.74) is 2.52. The van der Waals surface area contributed by atoms with E-state index in [9.17, 15) is 4.79 Å². The summed E-state index contributed by atoms with van der Waals surface area (Å²) in [4.78, 5) is 12.3. The number of anilines is 1. The molecular formula is C22H37NO. The molecule has 2 heteroatoms. The van der Waals surface area contributed by atoms with Gasteiger partial charge in [0.15, 0.2) is 0 Å². The molecule has 1 N–H and O–H groups in total. The summed E-state index contributed by atoms with van der Waals surface area (Å²) in [6, 6.07) is 8.23. The SMILES string of the molecule is CCCCCC(C)(CCC)CCC(=O)Nc1ccc(C(C)C)cc1. The Balaban J connectivity index is 2.49. The fourth-order valence-corrected chi connectivity index (χ4v) is 3.37. The summed E-state index contributed by atoms with van der Waals surface area (Å²) in [6.07, 6.45) is 9.10. The Morgan fingerprint density at radius 3 is 2.21 bits per heavy atom. The van der Waals surface area contributed by atoms with E-state index in [1.54, 1.807) is 0 Å². The summed E-state index contributed by atoms with van der Waals surface area (Å²) < 4.78 is 0. The molecule has 0 aromatic heterocycles. The summed E-state index contributed by atoms with van der Waals surface area (Å²) in [6.45, 7) is 11.2. The van der Waals surface area contributed by atoms with E-state index in [-0.39, 0.29) is 5.91 Å². The normalized spacial score (nSPS) is 13.8. The molecule has 0 saturated carbocycles. The highest BCUT2D eigenvalue weighted by Gasteiger charge is 2.23. The summed E-state index contributed by atoms with van der Waals surface area (Å²) in [7, 11) is 0. The largest absolute Gasteiger partial charge is 0.326 e. The predicted molar refractivity (Wildman–Crippen MR) is 106 cm³/mol. The molecule has 0 radical (unpaired) electrons. The van der Waals surface area contributed by atoms with E-state index in [1.807, 2.05) is 12.1 Å². The van der Waals surface area contributed by atoms with Crippen molar-refractivity contribution in [1.29, 1.82) is 0 Å². The van der Waals surface area contributed by atoms with E-state index in [0.29, 0.717) is 17.8 Å². The molecule has 136 valence electrons. The van der Waals surface area contributed by atoms with Crippen LogP contribution < -0.4 is 5.32 Å². The van der Waals surface area contributed by atoms with Crippen LogP contribution in [0.4, 0.5) is 5.69 Å². The molecule has 0 aliphatic carbocycles. The molecule has 0 spiro atoms. The number of benzene rings is 1. The van der Waals surface area contributed by atoms with Crippen molar-refractivity contribution in [3.63, 3.8) is 0 Å². The summed E-state index contributed by atoms with van der Waals surface area (Å²) >= 11 is 0. The average Bonchev–Trinajstić information content (AvgIpc) is 2.54. The zero-order chi connectivity index (χ0) is 18.0. The number of rotatable bonds is 11. The van der Waals surface area contributed by atoms with Gasteiger partial charge in [-0.15, -0.1) is 0 Å². The van der Waals surface area contributed by atoms with Crippen LogP contribution in [0.3, 0.4) is 0 Å². The van der Waals surface area contributed by atoms with Gasteiger partial charge in [-0.2, -0.15) is 0 Å². The molecule has 1 rings (SSSR count). The fraction of sp³-hybridized carbons (Fsp3) is 0.682. The lowest BCUT2D eigenvalue weighted by Gasteiger charge is -2.29. The van der Waals surface area contributed by atoms with Crippen molar-refractivity contribution in [2.75, 3.05) is 5.32 Å². The Kier molecular flexibility index (Phi) is 9.10. The van der Waals surface area contributed by atoms with Gasteiger partial charge in [-0.3, -0.25) is 4.79 Å². The van der Waals surface area contributed by atoms with Gasteiger partial charge in [0.05, 0.1) is 0 Å². The maximum absolute atomic E-state index is 12.3. The van der Waals surface area contributed by atoms with Crippen LogP contribution in [0, 0.1) is 5.41 Å². The highest BCUT2D eigenvalue weighted by molar-refractivity contribution is 5.90. The van der Waals surface area contributed by atoms with Gasteiger partial charge in [-0.1, -0.05) is 72.4 Å². The smallest absolute Gasteiger partial charge is 0.224 e. The van der Waals surface area contributed by atoms with Crippen LogP contribution in [-0.4, -0.2) is 5.91 Å². The standard InChI is InChI=1S/C22H37NO/c1-6-8-9-16-22(5,15-7-2)17-14-21(24)23-20-12-10-19(11-13-20)18(3)4/h10-13,18H,6-9,14-17H2,1-5H3,(H,23,24). The molecule has 1 unspecified atom stereocenters. The molecule has 1 atom stereocenters. The Bertz CT molecular complexity index is 477. The van der Waals surface area contributed by atoms with Crippen molar-refractivity contribution in [2.24, 2.45) is 5.41 Å². The third-order valence-electron chi connectivity index (χ3n) is 5.05. The highest BCUT2D eigenvalue weighted by Crippen LogP contribution is 2.35. The van der Waals surface area contributed by atoms with Crippen LogP contribution in [0.15, 0.2) is 24.3 Å². The van der Waals surface area contributed by atoms with Gasteiger partial charge < -0.3 is 5.32 Å². The first-order chi connectivity index (χ1) is 11.4. The predicted octanol–water partition coefficient (Wildman–Crippen LogP) is 6.92. The maximum Gasteiger partial charge on any atom is 0.224 e. The van der Waals surface area contributed by atoms with E-state index in [2.05, 4.69) is 52.1 Å². The topological polar surface area (TPSA) is 29.1 Å². The quantitative estimate of drug-likeness (QED) is 0.438. The average molecular weight is 332 g/mol. The van der Waals surface area contributed by atoms with Crippen LogP contribution in [-0.2, 0) is 4.79 Å². The number of hydrogen-bond donors (Lipinski definition) is 1. The Morgan fingerprint density at radius 1 is 1.00 bits per heavy atom.